The maximum Gasteiger partial charge on any atom is 0.431 e. The zero-order valence-electron chi connectivity index (χ0n) is 13.2. The van der Waals surface area contributed by atoms with Gasteiger partial charge in [0.1, 0.15) is 6.61 Å². The molecule has 0 aliphatic heterocycles. The van der Waals surface area contributed by atoms with E-state index in [1.165, 1.54) is 6.42 Å². The van der Waals surface area contributed by atoms with Crippen molar-refractivity contribution in [1.29, 1.82) is 0 Å². The van der Waals surface area contributed by atoms with Crippen LogP contribution in [0.5, 0.6) is 0 Å². The van der Waals surface area contributed by atoms with E-state index in [1.54, 1.807) is 0 Å². The second-order valence-corrected chi connectivity index (χ2v) is 4.71. The molecule has 6 nitrogen and oxygen atoms in total. The van der Waals surface area contributed by atoms with Crippen molar-refractivity contribution >= 4 is 22.8 Å². The first-order valence-corrected chi connectivity index (χ1v) is 7.31. The van der Waals surface area contributed by atoms with Crippen LogP contribution in [-0.4, -0.2) is 23.8 Å². The molecular formula is C17H21NO5. The summed E-state index contributed by atoms with van der Waals surface area (Å²) in [7, 11) is 0. The molecular weight excluding hydrogens is 298 g/mol. The highest BCUT2D eigenvalue weighted by Gasteiger charge is 2.06. The van der Waals surface area contributed by atoms with Crippen LogP contribution in [0.4, 0.5) is 4.79 Å². The highest BCUT2D eigenvalue weighted by atomic mass is 16.7. The summed E-state index contributed by atoms with van der Waals surface area (Å²) < 4.78 is 4.95. The minimum absolute atomic E-state index is 0.0730. The Balaban J connectivity index is 0.000000816. The second kappa shape index (κ2) is 10.2. The first-order chi connectivity index (χ1) is 11.1. The molecule has 2 N–H and O–H groups in total. The Kier molecular flexibility index (Phi) is 8.17. The van der Waals surface area contributed by atoms with Gasteiger partial charge in [-0.25, -0.2) is 9.59 Å². The number of amides is 1. The fourth-order valence-corrected chi connectivity index (χ4v) is 1.75. The van der Waals surface area contributed by atoms with Crippen molar-refractivity contribution < 1.29 is 24.3 Å². The lowest BCUT2D eigenvalue weighted by Crippen LogP contribution is -2.27. The highest BCUT2D eigenvalue weighted by molar-refractivity contribution is 5.85. The van der Waals surface area contributed by atoms with E-state index < -0.39 is 18.7 Å². The molecule has 0 unspecified atom stereocenters. The number of carbonyl (C=O) groups is 2. The Morgan fingerprint density at radius 2 is 1.74 bits per heavy atom. The van der Waals surface area contributed by atoms with E-state index in [1.807, 2.05) is 47.9 Å². The molecule has 0 fully saturated rings. The van der Waals surface area contributed by atoms with E-state index in [-0.39, 0.29) is 6.61 Å². The lowest BCUT2D eigenvalue weighted by molar-refractivity contribution is -0.144. The number of carbonyl (C=O) groups excluding carboxylic acids is 1. The van der Waals surface area contributed by atoms with Gasteiger partial charge in [0.2, 0.25) is 0 Å². The highest BCUT2D eigenvalue weighted by Crippen LogP contribution is 2.19. The topological polar surface area (TPSA) is 84.9 Å². The van der Waals surface area contributed by atoms with E-state index in [0.717, 1.165) is 16.3 Å². The van der Waals surface area contributed by atoms with Crippen molar-refractivity contribution in [3.05, 3.63) is 48.0 Å². The third-order valence-corrected chi connectivity index (χ3v) is 2.59. The molecule has 6 heteroatoms. The number of carboxylic acid groups (broad SMARTS) is 1. The quantitative estimate of drug-likeness (QED) is 0.824. The summed E-state index contributed by atoms with van der Waals surface area (Å²) in [6, 6.07) is 13.4. The fourth-order valence-electron chi connectivity index (χ4n) is 1.75. The molecule has 0 saturated heterocycles. The van der Waals surface area contributed by atoms with Gasteiger partial charge < -0.3 is 9.84 Å². The Morgan fingerprint density at radius 3 is 2.43 bits per heavy atom. The monoisotopic (exact) mass is 319 g/mol. The SMILES string of the molecule is CCC.O=C(O)CONC(=O)OCc1cccc2ccccc12. The molecule has 0 aliphatic carbocycles. The lowest BCUT2D eigenvalue weighted by atomic mass is 10.1. The number of rotatable bonds is 5. The first kappa shape index (κ1) is 18.4. The Hall–Kier alpha value is -2.60. The molecule has 0 heterocycles. The maximum absolute atomic E-state index is 11.3. The molecule has 2 aromatic rings. The maximum atomic E-state index is 11.3. The van der Waals surface area contributed by atoms with Gasteiger partial charge in [0.05, 0.1) is 0 Å². The number of ether oxygens (including phenoxy) is 1. The van der Waals surface area contributed by atoms with Gasteiger partial charge in [0.25, 0.3) is 0 Å². The van der Waals surface area contributed by atoms with Crippen LogP contribution in [0.1, 0.15) is 25.8 Å². The summed E-state index contributed by atoms with van der Waals surface area (Å²) in [6.07, 6.45) is 0.416. The normalized spacial score (nSPS) is 9.65. The van der Waals surface area contributed by atoms with Gasteiger partial charge in [-0.05, 0) is 16.3 Å². The van der Waals surface area contributed by atoms with Crippen LogP contribution in [0.3, 0.4) is 0 Å². The predicted octanol–water partition coefficient (Wildman–Crippen LogP) is 3.50. The molecule has 0 bridgehead atoms. The summed E-state index contributed by atoms with van der Waals surface area (Å²) >= 11 is 0. The summed E-state index contributed by atoms with van der Waals surface area (Å²) in [6.45, 7) is 3.70. The smallest absolute Gasteiger partial charge is 0.431 e. The molecule has 0 saturated carbocycles. The van der Waals surface area contributed by atoms with Crippen LogP contribution in [0.2, 0.25) is 0 Å². The molecule has 2 aromatic carbocycles. The van der Waals surface area contributed by atoms with Gasteiger partial charge >= 0.3 is 12.1 Å². The summed E-state index contributed by atoms with van der Waals surface area (Å²) in [5.74, 6) is -1.18. The minimum Gasteiger partial charge on any atom is -0.479 e. The van der Waals surface area contributed by atoms with Crippen molar-refractivity contribution in [3.8, 4) is 0 Å². The Bertz CT molecular complexity index is 636. The van der Waals surface area contributed by atoms with Crippen molar-refractivity contribution in [2.24, 2.45) is 0 Å². The molecule has 0 aromatic heterocycles. The molecule has 0 spiro atoms. The van der Waals surface area contributed by atoms with Crippen molar-refractivity contribution in [2.45, 2.75) is 26.9 Å². The first-order valence-electron chi connectivity index (χ1n) is 7.31. The van der Waals surface area contributed by atoms with Crippen LogP contribution in [0.15, 0.2) is 42.5 Å². The number of fused-ring (bicyclic) bond motifs is 1. The summed E-state index contributed by atoms with van der Waals surface area (Å²) in [5.41, 5.74) is 2.75. The average Bonchev–Trinajstić information content (AvgIpc) is 2.53. The zero-order valence-corrected chi connectivity index (χ0v) is 13.2. The fraction of sp³-hybridized carbons (Fsp3) is 0.294. The van der Waals surface area contributed by atoms with Crippen LogP contribution in [-0.2, 0) is 21.0 Å². The van der Waals surface area contributed by atoms with Crippen LogP contribution >= 0.6 is 0 Å². The van der Waals surface area contributed by atoms with Gasteiger partial charge in [-0.3, -0.25) is 4.84 Å². The van der Waals surface area contributed by atoms with Gasteiger partial charge in [-0.2, -0.15) is 5.48 Å². The van der Waals surface area contributed by atoms with Gasteiger partial charge in [-0.15, -0.1) is 0 Å². The van der Waals surface area contributed by atoms with Crippen LogP contribution in [0.25, 0.3) is 10.8 Å². The van der Waals surface area contributed by atoms with Crippen LogP contribution in [0, 0.1) is 0 Å². The van der Waals surface area contributed by atoms with Gasteiger partial charge in [0.15, 0.2) is 6.61 Å². The number of aliphatic carboxylic acids is 1. The van der Waals surface area contributed by atoms with Crippen molar-refractivity contribution in [1.82, 2.24) is 5.48 Å². The molecule has 0 radical (unpaired) electrons. The predicted molar refractivity (Wildman–Crippen MR) is 86.8 cm³/mol. The standard InChI is InChI=1S/C14H13NO5.C3H8/c16-13(17)9-20-15-14(18)19-8-11-6-3-5-10-4-1-2-7-12(10)11;1-3-2/h1-7H,8-9H2,(H,15,18)(H,16,17);3H2,1-2H3. The minimum atomic E-state index is -1.18. The second-order valence-electron chi connectivity index (χ2n) is 4.71. The number of hydroxylamine groups is 1. The average molecular weight is 319 g/mol. The van der Waals surface area contributed by atoms with E-state index in [0.29, 0.717) is 0 Å². The molecule has 124 valence electrons. The molecule has 0 aliphatic rings. The van der Waals surface area contributed by atoms with Crippen molar-refractivity contribution in [3.63, 3.8) is 0 Å². The molecule has 23 heavy (non-hydrogen) atoms. The largest absolute Gasteiger partial charge is 0.479 e. The Morgan fingerprint density at radius 1 is 1.09 bits per heavy atom. The van der Waals surface area contributed by atoms with E-state index in [2.05, 4.69) is 18.7 Å². The number of benzene rings is 2. The van der Waals surface area contributed by atoms with Gasteiger partial charge in [-0.1, -0.05) is 62.7 Å². The van der Waals surface area contributed by atoms with Crippen LogP contribution < -0.4 is 5.48 Å². The van der Waals surface area contributed by atoms with Crippen molar-refractivity contribution in [2.75, 3.05) is 6.61 Å². The van der Waals surface area contributed by atoms with E-state index in [9.17, 15) is 9.59 Å². The molecule has 1 amide bonds. The number of hydrogen-bond acceptors (Lipinski definition) is 4. The number of nitrogens with one attached hydrogen (secondary N) is 1. The molecule has 0 atom stereocenters. The van der Waals surface area contributed by atoms with Gasteiger partial charge in [0, 0.05) is 0 Å². The number of hydrogen-bond donors (Lipinski definition) is 2. The third kappa shape index (κ3) is 6.80. The summed E-state index contributed by atoms with van der Waals surface area (Å²) in [5, 5.41) is 10.4. The Labute approximate surface area is 135 Å². The zero-order chi connectivity index (χ0) is 17.1. The summed E-state index contributed by atoms with van der Waals surface area (Å²) in [4.78, 5) is 25.9. The molecule has 2 rings (SSSR count). The van der Waals surface area contributed by atoms with E-state index >= 15 is 0 Å². The third-order valence-electron chi connectivity index (χ3n) is 2.59. The lowest BCUT2D eigenvalue weighted by Gasteiger charge is -2.08. The van der Waals surface area contributed by atoms with E-state index in [4.69, 9.17) is 9.84 Å². The number of carboxylic acids is 1.